The summed E-state index contributed by atoms with van der Waals surface area (Å²) >= 11 is 1.85. The van der Waals surface area contributed by atoms with Gasteiger partial charge < -0.3 is 5.32 Å². The molecule has 0 saturated carbocycles. The van der Waals surface area contributed by atoms with Crippen molar-refractivity contribution in [2.75, 3.05) is 5.75 Å². The summed E-state index contributed by atoms with van der Waals surface area (Å²) in [5, 5.41) is 14.4. The van der Waals surface area contributed by atoms with Gasteiger partial charge in [-0.25, -0.2) is 0 Å². The normalized spacial score (nSPS) is 18.2. The van der Waals surface area contributed by atoms with E-state index in [9.17, 15) is 10.1 Å². The van der Waals surface area contributed by atoms with Crippen LogP contribution in [-0.4, -0.2) is 10.7 Å². The molecule has 0 aliphatic carbocycles. The van der Waals surface area contributed by atoms with Crippen molar-refractivity contribution >= 4 is 17.4 Å². The van der Waals surface area contributed by atoms with Crippen LogP contribution in [0.5, 0.6) is 0 Å². The first-order chi connectivity index (χ1) is 10.1. The van der Waals surface area contributed by atoms with Crippen LogP contribution in [0.25, 0.3) is 0 Å². The number of nitrogens with zero attached hydrogens (tertiary/aromatic N) is 1. The summed E-state index contributed by atoms with van der Waals surface area (Å²) < 4.78 is 0. The van der Waals surface area contributed by atoms with Gasteiger partial charge in [-0.3, -0.25) is 10.1 Å². The van der Waals surface area contributed by atoms with Crippen LogP contribution in [0.1, 0.15) is 30.1 Å². The SMILES string of the molecule is CC(NC1CSc2ccccc21)c1cccc([N+](=O)[O-])c1. The van der Waals surface area contributed by atoms with Crippen molar-refractivity contribution in [3.05, 3.63) is 69.8 Å². The molecule has 1 N–H and O–H groups in total. The lowest BCUT2D eigenvalue weighted by atomic mass is 10.0. The van der Waals surface area contributed by atoms with Crippen LogP contribution in [0.4, 0.5) is 5.69 Å². The van der Waals surface area contributed by atoms with Gasteiger partial charge in [0.1, 0.15) is 0 Å². The van der Waals surface area contributed by atoms with E-state index in [0.29, 0.717) is 6.04 Å². The number of nitro benzene ring substituents is 1. The van der Waals surface area contributed by atoms with Gasteiger partial charge in [0.05, 0.1) is 4.92 Å². The van der Waals surface area contributed by atoms with Crippen molar-refractivity contribution in [3.8, 4) is 0 Å². The van der Waals surface area contributed by atoms with Crippen molar-refractivity contribution in [1.29, 1.82) is 0 Å². The summed E-state index contributed by atoms with van der Waals surface area (Å²) in [7, 11) is 0. The lowest BCUT2D eigenvalue weighted by Crippen LogP contribution is -2.24. The van der Waals surface area contributed by atoms with Crippen molar-refractivity contribution in [3.63, 3.8) is 0 Å². The Labute approximate surface area is 127 Å². The highest BCUT2D eigenvalue weighted by atomic mass is 32.2. The molecule has 0 bridgehead atoms. The second-order valence-electron chi connectivity index (χ2n) is 5.14. The number of non-ortho nitro benzene ring substituents is 1. The molecule has 21 heavy (non-hydrogen) atoms. The number of benzene rings is 2. The molecule has 1 aliphatic heterocycles. The molecule has 5 heteroatoms. The molecule has 3 rings (SSSR count). The van der Waals surface area contributed by atoms with E-state index in [1.165, 1.54) is 16.5 Å². The van der Waals surface area contributed by atoms with E-state index >= 15 is 0 Å². The summed E-state index contributed by atoms with van der Waals surface area (Å²) in [4.78, 5) is 11.8. The Hall–Kier alpha value is -1.85. The van der Waals surface area contributed by atoms with Gasteiger partial charge in [0.15, 0.2) is 0 Å². The first kappa shape index (κ1) is 14.1. The van der Waals surface area contributed by atoms with E-state index < -0.39 is 0 Å². The molecule has 0 spiro atoms. The third-order valence-electron chi connectivity index (χ3n) is 3.73. The molecule has 0 fully saturated rings. The van der Waals surface area contributed by atoms with Crippen molar-refractivity contribution in [1.82, 2.24) is 5.32 Å². The molecular formula is C16H16N2O2S. The van der Waals surface area contributed by atoms with Gasteiger partial charge in [0.2, 0.25) is 0 Å². The van der Waals surface area contributed by atoms with Crippen LogP contribution in [0.3, 0.4) is 0 Å². The fourth-order valence-corrected chi connectivity index (χ4v) is 3.78. The molecule has 2 aromatic rings. The minimum atomic E-state index is -0.350. The molecule has 4 nitrogen and oxygen atoms in total. The Balaban J connectivity index is 1.77. The van der Waals surface area contributed by atoms with Crippen LogP contribution in [0.15, 0.2) is 53.4 Å². The zero-order chi connectivity index (χ0) is 14.8. The third-order valence-corrected chi connectivity index (χ3v) is 4.91. The molecule has 0 amide bonds. The van der Waals surface area contributed by atoms with Gasteiger partial charge >= 0.3 is 0 Å². The smallest absolute Gasteiger partial charge is 0.269 e. The molecule has 0 saturated heterocycles. The van der Waals surface area contributed by atoms with Gasteiger partial charge in [-0.15, -0.1) is 11.8 Å². The summed E-state index contributed by atoms with van der Waals surface area (Å²) in [5.41, 5.74) is 2.40. The molecule has 1 aliphatic rings. The van der Waals surface area contributed by atoms with E-state index in [1.54, 1.807) is 12.1 Å². The van der Waals surface area contributed by atoms with Crippen LogP contribution in [-0.2, 0) is 0 Å². The maximum atomic E-state index is 10.9. The predicted octanol–water partition coefficient (Wildman–Crippen LogP) is 4.09. The number of fused-ring (bicyclic) bond motifs is 1. The molecule has 108 valence electrons. The maximum Gasteiger partial charge on any atom is 0.269 e. The summed E-state index contributed by atoms with van der Waals surface area (Å²) in [6, 6.07) is 15.6. The fourth-order valence-electron chi connectivity index (χ4n) is 2.61. The van der Waals surface area contributed by atoms with Crippen molar-refractivity contribution < 1.29 is 4.92 Å². The zero-order valence-electron chi connectivity index (χ0n) is 11.7. The van der Waals surface area contributed by atoms with E-state index in [-0.39, 0.29) is 16.7 Å². The molecule has 2 aromatic carbocycles. The minimum Gasteiger partial charge on any atom is -0.303 e. The van der Waals surface area contributed by atoms with Gasteiger partial charge in [-0.05, 0) is 24.1 Å². The number of hydrogen-bond donors (Lipinski definition) is 1. The average Bonchev–Trinajstić information content (AvgIpc) is 2.91. The lowest BCUT2D eigenvalue weighted by molar-refractivity contribution is -0.384. The Bertz CT molecular complexity index is 675. The number of nitro groups is 1. The number of hydrogen-bond acceptors (Lipinski definition) is 4. The first-order valence-corrected chi connectivity index (χ1v) is 7.86. The van der Waals surface area contributed by atoms with Crippen LogP contribution in [0, 0.1) is 10.1 Å². The van der Waals surface area contributed by atoms with E-state index in [4.69, 9.17) is 0 Å². The lowest BCUT2D eigenvalue weighted by Gasteiger charge is -2.20. The average molecular weight is 300 g/mol. The van der Waals surface area contributed by atoms with Crippen molar-refractivity contribution in [2.24, 2.45) is 0 Å². The van der Waals surface area contributed by atoms with Gasteiger partial charge in [-0.2, -0.15) is 0 Å². The summed E-state index contributed by atoms with van der Waals surface area (Å²) in [5.74, 6) is 0.999. The van der Waals surface area contributed by atoms with Crippen LogP contribution >= 0.6 is 11.8 Å². The number of thioether (sulfide) groups is 1. The highest BCUT2D eigenvalue weighted by Gasteiger charge is 2.24. The van der Waals surface area contributed by atoms with Crippen molar-refractivity contribution in [2.45, 2.75) is 23.9 Å². The fraction of sp³-hybridized carbons (Fsp3) is 0.250. The quantitative estimate of drug-likeness (QED) is 0.682. The first-order valence-electron chi connectivity index (χ1n) is 6.87. The van der Waals surface area contributed by atoms with E-state index in [0.717, 1.165) is 11.3 Å². The largest absolute Gasteiger partial charge is 0.303 e. The van der Waals surface area contributed by atoms with E-state index in [1.807, 2.05) is 24.8 Å². The highest BCUT2D eigenvalue weighted by Crippen LogP contribution is 2.38. The number of nitrogens with one attached hydrogen (secondary N) is 1. The highest BCUT2D eigenvalue weighted by molar-refractivity contribution is 7.99. The Kier molecular flexibility index (Phi) is 3.94. The van der Waals surface area contributed by atoms with Gasteiger partial charge in [-0.1, -0.05) is 30.3 Å². The maximum absolute atomic E-state index is 10.9. The predicted molar refractivity (Wildman–Crippen MR) is 84.6 cm³/mol. The van der Waals surface area contributed by atoms with Crippen LogP contribution < -0.4 is 5.32 Å². The topological polar surface area (TPSA) is 55.2 Å². The second-order valence-corrected chi connectivity index (χ2v) is 6.20. The minimum absolute atomic E-state index is 0.0710. The Morgan fingerprint density at radius 2 is 2.10 bits per heavy atom. The van der Waals surface area contributed by atoms with E-state index in [2.05, 4.69) is 29.6 Å². The zero-order valence-corrected chi connectivity index (χ0v) is 12.5. The van der Waals surface area contributed by atoms with Gasteiger partial charge in [0.25, 0.3) is 5.69 Å². The molecular weight excluding hydrogens is 284 g/mol. The molecule has 2 atom stereocenters. The molecule has 0 aromatic heterocycles. The molecule has 0 radical (unpaired) electrons. The van der Waals surface area contributed by atoms with Crippen LogP contribution in [0.2, 0.25) is 0 Å². The second kappa shape index (κ2) is 5.87. The molecule has 2 unspecified atom stereocenters. The standard InChI is InChI=1S/C16H16N2O2S/c1-11(12-5-4-6-13(9-12)18(19)20)17-15-10-21-16-8-3-2-7-14(15)16/h2-9,11,15,17H,10H2,1H3. The Morgan fingerprint density at radius 3 is 2.90 bits per heavy atom. The summed E-state index contributed by atoms with van der Waals surface area (Å²) in [6.07, 6.45) is 0. The molecule has 1 heterocycles. The summed E-state index contributed by atoms with van der Waals surface area (Å²) in [6.45, 7) is 2.05. The number of rotatable bonds is 4. The third kappa shape index (κ3) is 2.94. The monoisotopic (exact) mass is 300 g/mol. The Morgan fingerprint density at radius 1 is 1.29 bits per heavy atom. The van der Waals surface area contributed by atoms with Gasteiger partial charge in [0, 0.05) is 34.9 Å².